The molecule has 1 unspecified atom stereocenters. The van der Waals surface area contributed by atoms with E-state index in [-0.39, 0.29) is 11.7 Å². The summed E-state index contributed by atoms with van der Waals surface area (Å²) in [4.78, 5) is 13.5. The molecular weight excluding hydrogens is 273 g/mol. The second-order valence-corrected chi connectivity index (χ2v) is 5.01. The lowest BCUT2D eigenvalue weighted by molar-refractivity contribution is -0.122. The largest absolute Gasteiger partial charge is 0.369 e. The summed E-state index contributed by atoms with van der Waals surface area (Å²) in [6, 6.07) is 4.63. The van der Waals surface area contributed by atoms with Crippen LogP contribution in [0.5, 0.6) is 0 Å². The minimum Gasteiger partial charge on any atom is -0.369 e. The van der Waals surface area contributed by atoms with Gasteiger partial charge in [-0.15, -0.1) is 0 Å². The first-order valence-electron chi connectivity index (χ1n) is 5.30. The van der Waals surface area contributed by atoms with Crippen molar-refractivity contribution in [2.45, 2.75) is 13.3 Å². The average Bonchev–Trinajstić information content (AvgIpc) is 2.26. The molecule has 1 atom stereocenters. The molecule has 0 bridgehead atoms. The lowest BCUT2D eigenvalue weighted by atomic mass is 9.98. The van der Waals surface area contributed by atoms with Crippen LogP contribution in [0.4, 0.5) is 10.1 Å². The Hall–Kier alpha value is -0.900. The van der Waals surface area contributed by atoms with Crippen LogP contribution < -0.4 is 4.90 Å². The third-order valence-electron chi connectivity index (χ3n) is 2.92. The van der Waals surface area contributed by atoms with Crippen molar-refractivity contribution in [2.24, 2.45) is 5.92 Å². The number of halogens is 2. The molecule has 1 aliphatic heterocycles. The zero-order valence-corrected chi connectivity index (χ0v) is 10.6. The zero-order valence-electron chi connectivity index (χ0n) is 9.04. The number of nitrogens with zero attached hydrogens (tertiary/aromatic N) is 1. The molecule has 1 aliphatic rings. The smallest absolute Gasteiger partial charge is 0.139 e. The minimum absolute atomic E-state index is 0.0314. The van der Waals surface area contributed by atoms with Gasteiger partial charge in [0.2, 0.25) is 0 Å². The fraction of sp³-hybridized carbons (Fsp3) is 0.417. The Morgan fingerprint density at radius 1 is 1.50 bits per heavy atom. The van der Waals surface area contributed by atoms with Crippen LogP contribution in [0, 0.1) is 11.7 Å². The third kappa shape index (κ3) is 2.26. The summed E-state index contributed by atoms with van der Waals surface area (Å²) in [7, 11) is 0. The highest BCUT2D eigenvalue weighted by Gasteiger charge is 2.24. The van der Waals surface area contributed by atoms with Crippen LogP contribution in [0.15, 0.2) is 22.7 Å². The van der Waals surface area contributed by atoms with Gasteiger partial charge in [0.15, 0.2) is 0 Å². The van der Waals surface area contributed by atoms with Crippen LogP contribution >= 0.6 is 15.9 Å². The minimum atomic E-state index is -0.247. The van der Waals surface area contributed by atoms with Gasteiger partial charge in [0.25, 0.3) is 0 Å². The molecule has 0 N–H and O–H groups in total. The molecule has 1 saturated heterocycles. The first-order valence-corrected chi connectivity index (χ1v) is 6.10. The SMILES string of the molecule is CC1CN(c2cc(F)ccc2Br)CCC1=O. The summed E-state index contributed by atoms with van der Waals surface area (Å²) in [5.74, 6) is 0.0791. The Balaban J connectivity index is 2.24. The number of carbonyl (C=O) groups is 1. The number of rotatable bonds is 1. The van der Waals surface area contributed by atoms with Gasteiger partial charge in [0, 0.05) is 29.9 Å². The van der Waals surface area contributed by atoms with Gasteiger partial charge in [-0.1, -0.05) is 6.92 Å². The molecular formula is C12H13BrFNO. The van der Waals surface area contributed by atoms with Crippen LogP contribution in [0.1, 0.15) is 13.3 Å². The van der Waals surface area contributed by atoms with E-state index in [0.717, 1.165) is 10.2 Å². The quantitative estimate of drug-likeness (QED) is 0.791. The summed E-state index contributed by atoms with van der Waals surface area (Å²) < 4.78 is 14.0. The van der Waals surface area contributed by atoms with Crippen molar-refractivity contribution in [3.8, 4) is 0 Å². The zero-order chi connectivity index (χ0) is 11.7. The topological polar surface area (TPSA) is 20.3 Å². The number of hydrogen-bond donors (Lipinski definition) is 0. The van der Waals surface area contributed by atoms with Gasteiger partial charge < -0.3 is 4.90 Å². The number of carbonyl (C=O) groups excluding carboxylic acids is 1. The van der Waals surface area contributed by atoms with Crippen molar-refractivity contribution in [1.82, 2.24) is 0 Å². The number of piperidine rings is 1. The van der Waals surface area contributed by atoms with Gasteiger partial charge in [-0.2, -0.15) is 0 Å². The predicted octanol–water partition coefficient (Wildman–Crippen LogP) is 3.00. The fourth-order valence-corrected chi connectivity index (χ4v) is 2.46. The molecule has 1 aromatic rings. The second-order valence-electron chi connectivity index (χ2n) is 4.16. The maximum absolute atomic E-state index is 13.2. The molecule has 0 radical (unpaired) electrons. The van der Waals surface area contributed by atoms with Crippen LogP contribution in [-0.2, 0) is 4.79 Å². The molecule has 2 nitrogen and oxygen atoms in total. The van der Waals surface area contributed by atoms with Gasteiger partial charge in [-0.05, 0) is 34.1 Å². The summed E-state index contributed by atoms with van der Waals surface area (Å²) in [6.45, 7) is 3.26. The molecule has 1 fully saturated rings. The van der Waals surface area contributed by atoms with Gasteiger partial charge in [-0.25, -0.2) is 4.39 Å². The van der Waals surface area contributed by atoms with E-state index in [4.69, 9.17) is 0 Å². The van der Waals surface area contributed by atoms with E-state index in [0.29, 0.717) is 25.3 Å². The Morgan fingerprint density at radius 2 is 2.25 bits per heavy atom. The fourth-order valence-electron chi connectivity index (χ4n) is 1.96. The highest BCUT2D eigenvalue weighted by molar-refractivity contribution is 9.10. The Morgan fingerprint density at radius 3 is 2.94 bits per heavy atom. The molecule has 86 valence electrons. The van der Waals surface area contributed by atoms with Crippen molar-refractivity contribution in [3.05, 3.63) is 28.5 Å². The molecule has 0 amide bonds. The summed E-state index contributed by atoms with van der Waals surface area (Å²) in [5, 5.41) is 0. The van der Waals surface area contributed by atoms with E-state index >= 15 is 0 Å². The van der Waals surface area contributed by atoms with Crippen molar-refractivity contribution in [3.63, 3.8) is 0 Å². The van der Waals surface area contributed by atoms with Crippen molar-refractivity contribution < 1.29 is 9.18 Å². The van der Waals surface area contributed by atoms with E-state index in [1.54, 1.807) is 6.07 Å². The Labute approximate surface area is 103 Å². The maximum Gasteiger partial charge on any atom is 0.139 e. The number of Topliss-reactive ketones (excluding diaryl/α,β-unsaturated/α-hetero) is 1. The van der Waals surface area contributed by atoms with Gasteiger partial charge in [0.05, 0.1) is 5.69 Å². The van der Waals surface area contributed by atoms with E-state index in [1.165, 1.54) is 12.1 Å². The Bertz CT molecular complexity index is 421. The number of benzene rings is 1. The summed E-state index contributed by atoms with van der Waals surface area (Å²) in [5.41, 5.74) is 0.833. The van der Waals surface area contributed by atoms with Crippen molar-refractivity contribution >= 4 is 27.4 Å². The second kappa shape index (κ2) is 4.53. The Kier molecular flexibility index (Phi) is 3.28. The van der Waals surface area contributed by atoms with Gasteiger partial charge in [-0.3, -0.25) is 4.79 Å². The average molecular weight is 286 g/mol. The normalized spacial score (nSPS) is 21.3. The first kappa shape index (κ1) is 11.6. The molecule has 16 heavy (non-hydrogen) atoms. The van der Waals surface area contributed by atoms with Gasteiger partial charge in [0.1, 0.15) is 11.6 Å². The molecule has 1 heterocycles. The number of anilines is 1. The molecule has 0 spiro atoms. The molecule has 0 aliphatic carbocycles. The molecule has 0 saturated carbocycles. The maximum atomic E-state index is 13.2. The van der Waals surface area contributed by atoms with Crippen LogP contribution in [0.25, 0.3) is 0 Å². The first-order chi connectivity index (χ1) is 7.58. The van der Waals surface area contributed by atoms with Crippen molar-refractivity contribution in [1.29, 1.82) is 0 Å². The van der Waals surface area contributed by atoms with Gasteiger partial charge >= 0.3 is 0 Å². The van der Waals surface area contributed by atoms with E-state index < -0.39 is 0 Å². The van der Waals surface area contributed by atoms with E-state index in [9.17, 15) is 9.18 Å². The third-order valence-corrected chi connectivity index (χ3v) is 3.59. The van der Waals surface area contributed by atoms with Crippen LogP contribution in [-0.4, -0.2) is 18.9 Å². The van der Waals surface area contributed by atoms with E-state index in [2.05, 4.69) is 20.8 Å². The van der Waals surface area contributed by atoms with Crippen molar-refractivity contribution in [2.75, 3.05) is 18.0 Å². The van der Waals surface area contributed by atoms with Crippen LogP contribution in [0.3, 0.4) is 0 Å². The predicted molar refractivity (Wildman–Crippen MR) is 65.1 cm³/mol. The lowest BCUT2D eigenvalue weighted by Crippen LogP contribution is -2.39. The number of hydrogen-bond acceptors (Lipinski definition) is 2. The van der Waals surface area contributed by atoms with E-state index in [1.807, 2.05) is 6.92 Å². The monoisotopic (exact) mass is 285 g/mol. The molecule has 0 aromatic heterocycles. The summed E-state index contributed by atoms with van der Waals surface area (Å²) in [6.07, 6.45) is 0.546. The molecule has 1 aromatic carbocycles. The lowest BCUT2D eigenvalue weighted by Gasteiger charge is -2.32. The molecule has 2 rings (SSSR count). The summed E-state index contributed by atoms with van der Waals surface area (Å²) >= 11 is 3.41. The van der Waals surface area contributed by atoms with Crippen LogP contribution in [0.2, 0.25) is 0 Å². The molecule has 4 heteroatoms. The number of ketones is 1. The standard InChI is InChI=1S/C12H13BrFNO/c1-8-7-15(5-4-12(8)16)11-6-9(14)2-3-10(11)13/h2-3,6,8H,4-5,7H2,1H3. The highest BCUT2D eigenvalue weighted by Crippen LogP contribution is 2.29. The highest BCUT2D eigenvalue weighted by atomic mass is 79.9.